The van der Waals surface area contributed by atoms with Crippen LogP contribution in [0.5, 0.6) is 5.75 Å². The van der Waals surface area contributed by atoms with Crippen molar-refractivity contribution in [3.63, 3.8) is 0 Å². The van der Waals surface area contributed by atoms with Gasteiger partial charge in [-0.25, -0.2) is 9.78 Å². The number of carboxylic acids is 1. The van der Waals surface area contributed by atoms with Crippen molar-refractivity contribution in [2.45, 2.75) is 25.1 Å². The monoisotopic (exact) mass is 483 g/mol. The van der Waals surface area contributed by atoms with Gasteiger partial charge < -0.3 is 9.84 Å². The van der Waals surface area contributed by atoms with E-state index >= 15 is 0 Å². The van der Waals surface area contributed by atoms with E-state index in [1.165, 1.54) is 6.08 Å². The molecule has 1 aromatic heterocycles. The van der Waals surface area contributed by atoms with Crippen LogP contribution >= 0.6 is 46.6 Å². The Morgan fingerprint density at radius 1 is 1.20 bits per heavy atom. The summed E-state index contributed by atoms with van der Waals surface area (Å²) in [5, 5.41) is 18.1. The molecule has 0 amide bonds. The SMILES string of the molecule is CCc1nc(S/C(=C\c2cc(Cl)ccc2OCc2ccc(Cl)c(Cl)c2)C(=O)O)n[nH]1. The molecule has 0 aliphatic carbocycles. The molecule has 0 aliphatic rings. The number of H-pyrrole nitrogens is 1. The van der Waals surface area contributed by atoms with Gasteiger partial charge in [0.25, 0.3) is 0 Å². The number of nitrogens with one attached hydrogen (secondary N) is 1. The molecule has 6 nitrogen and oxygen atoms in total. The highest BCUT2D eigenvalue weighted by atomic mass is 35.5. The summed E-state index contributed by atoms with van der Waals surface area (Å²) in [6.07, 6.45) is 2.14. The van der Waals surface area contributed by atoms with Gasteiger partial charge in [-0.05, 0) is 53.7 Å². The molecular formula is C20H16Cl3N3O3S. The summed E-state index contributed by atoms with van der Waals surface area (Å²) in [6, 6.07) is 10.2. The minimum absolute atomic E-state index is 0.0262. The summed E-state index contributed by atoms with van der Waals surface area (Å²) in [6.45, 7) is 2.14. The fraction of sp³-hybridized carbons (Fsp3) is 0.150. The molecule has 0 unspecified atom stereocenters. The number of aliphatic carboxylic acids is 1. The molecule has 0 fully saturated rings. The fourth-order valence-corrected chi connectivity index (χ4v) is 3.63. The number of benzene rings is 2. The van der Waals surface area contributed by atoms with Crippen LogP contribution in [0.25, 0.3) is 6.08 Å². The molecule has 3 rings (SSSR count). The second-order valence-electron chi connectivity index (χ2n) is 6.05. The summed E-state index contributed by atoms with van der Waals surface area (Å²) < 4.78 is 5.88. The number of aromatic nitrogens is 3. The Morgan fingerprint density at radius 2 is 2.00 bits per heavy atom. The van der Waals surface area contributed by atoms with Crippen LogP contribution in [-0.2, 0) is 17.8 Å². The molecule has 1 heterocycles. The van der Waals surface area contributed by atoms with E-state index in [9.17, 15) is 9.90 Å². The molecule has 0 aliphatic heterocycles. The molecule has 0 saturated carbocycles. The Hall–Kier alpha value is -2.19. The van der Waals surface area contributed by atoms with Crippen LogP contribution in [0.4, 0.5) is 0 Å². The Balaban J connectivity index is 1.86. The lowest BCUT2D eigenvalue weighted by Crippen LogP contribution is -2.00. The average molecular weight is 485 g/mol. The van der Waals surface area contributed by atoms with Crippen molar-refractivity contribution >= 4 is 58.6 Å². The van der Waals surface area contributed by atoms with Crippen molar-refractivity contribution in [3.8, 4) is 5.75 Å². The molecule has 2 N–H and O–H groups in total. The average Bonchev–Trinajstić information content (AvgIpc) is 3.17. The number of hydrogen-bond donors (Lipinski definition) is 2. The predicted octanol–water partition coefficient (Wildman–Crippen LogP) is 6.12. The van der Waals surface area contributed by atoms with E-state index in [2.05, 4.69) is 15.2 Å². The standard InChI is InChI=1S/C20H16Cl3N3O3S/c1-2-18-24-20(26-25-18)30-17(19(27)28)9-12-8-13(21)4-6-16(12)29-10-11-3-5-14(22)15(23)7-11/h3-9H,2,10H2,1H3,(H,27,28)(H,24,25,26)/b17-9-. The zero-order valence-electron chi connectivity index (χ0n) is 15.7. The van der Waals surface area contributed by atoms with E-state index in [0.29, 0.717) is 43.8 Å². The third-order valence-corrected chi connectivity index (χ3v) is 5.75. The normalized spacial score (nSPS) is 11.5. The lowest BCUT2D eigenvalue weighted by Gasteiger charge is -2.11. The van der Waals surface area contributed by atoms with Crippen molar-refractivity contribution in [1.82, 2.24) is 15.2 Å². The Bertz CT molecular complexity index is 1100. The minimum atomic E-state index is -1.11. The number of carboxylic acid groups (broad SMARTS) is 1. The van der Waals surface area contributed by atoms with Crippen molar-refractivity contribution in [1.29, 1.82) is 0 Å². The van der Waals surface area contributed by atoms with Crippen molar-refractivity contribution in [2.75, 3.05) is 0 Å². The van der Waals surface area contributed by atoms with Gasteiger partial charge in [0.2, 0.25) is 5.16 Å². The van der Waals surface area contributed by atoms with Crippen molar-refractivity contribution < 1.29 is 14.6 Å². The van der Waals surface area contributed by atoms with E-state index < -0.39 is 5.97 Å². The van der Waals surface area contributed by atoms with Gasteiger partial charge in [0, 0.05) is 17.0 Å². The van der Waals surface area contributed by atoms with Crippen LogP contribution in [0.3, 0.4) is 0 Å². The molecule has 30 heavy (non-hydrogen) atoms. The van der Waals surface area contributed by atoms with Crippen LogP contribution in [0.1, 0.15) is 23.9 Å². The van der Waals surface area contributed by atoms with Crippen molar-refractivity contribution in [2.24, 2.45) is 0 Å². The molecule has 0 spiro atoms. The van der Waals surface area contributed by atoms with E-state index in [-0.39, 0.29) is 11.5 Å². The molecule has 156 valence electrons. The van der Waals surface area contributed by atoms with Crippen molar-refractivity contribution in [3.05, 3.63) is 73.3 Å². The highest BCUT2D eigenvalue weighted by Gasteiger charge is 2.15. The molecule has 0 saturated heterocycles. The maximum atomic E-state index is 11.8. The van der Waals surface area contributed by atoms with Gasteiger partial charge in [-0.15, -0.1) is 5.10 Å². The van der Waals surface area contributed by atoms with Gasteiger partial charge in [-0.2, -0.15) is 0 Å². The number of hydrogen-bond acceptors (Lipinski definition) is 5. The minimum Gasteiger partial charge on any atom is -0.488 e. The van der Waals surface area contributed by atoms with E-state index in [1.54, 1.807) is 36.4 Å². The van der Waals surface area contributed by atoms with E-state index in [4.69, 9.17) is 39.5 Å². The maximum absolute atomic E-state index is 11.8. The first kappa shape index (κ1) is 22.5. The van der Waals surface area contributed by atoms with E-state index in [1.807, 2.05) is 6.92 Å². The highest BCUT2D eigenvalue weighted by molar-refractivity contribution is 8.04. The number of ether oxygens (including phenoxy) is 1. The van der Waals surface area contributed by atoms with Gasteiger partial charge >= 0.3 is 5.97 Å². The summed E-state index contributed by atoms with van der Waals surface area (Å²) in [5.41, 5.74) is 1.33. The number of nitrogens with zero attached hydrogens (tertiary/aromatic N) is 2. The third-order valence-electron chi connectivity index (χ3n) is 3.89. The summed E-state index contributed by atoms with van der Waals surface area (Å²) in [5.74, 6) is 0.0305. The summed E-state index contributed by atoms with van der Waals surface area (Å²) in [7, 11) is 0. The zero-order valence-corrected chi connectivity index (χ0v) is 18.7. The predicted molar refractivity (Wildman–Crippen MR) is 119 cm³/mol. The summed E-state index contributed by atoms with van der Waals surface area (Å²) >= 11 is 19.0. The molecular weight excluding hydrogens is 469 g/mol. The lowest BCUT2D eigenvalue weighted by atomic mass is 10.2. The van der Waals surface area contributed by atoms with Gasteiger partial charge in [0.05, 0.1) is 10.0 Å². The first-order valence-corrected chi connectivity index (χ1v) is 10.7. The molecule has 3 aromatic rings. The number of thioether (sulfide) groups is 1. The largest absolute Gasteiger partial charge is 0.488 e. The van der Waals surface area contributed by atoms with Crippen LogP contribution in [-0.4, -0.2) is 26.3 Å². The van der Waals surface area contributed by atoms with Crippen LogP contribution in [0, 0.1) is 0 Å². The van der Waals surface area contributed by atoms with E-state index in [0.717, 1.165) is 17.3 Å². The Morgan fingerprint density at radius 3 is 2.67 bits per heavy atom. The number of aromatic amines is 1. The molecule has 10 heteroatoms. The van der Waals surface area contributed by atoms with Gasteiger partial charge in [0.15, 0.2) is 0 Å². The molecule has 0 radical (unpaired) electrons. The van der Waals surface area contributed by atoms with Gasteiger partial charge in [-0.3, -0.25) is 5.10 Å². The second-order valence-corrected chi connectivity index (χ2v) is 8.31. The van der Waals surface area contributed by atoms with Crippen LogP contribution in [0.2, 0.25) is 15.1 Å². The Kier molecular flexibility index (Phi) is 7.66. The zero-order chi connectivity index (χ0) is 21.7. The molecule has 2 aromatic carbocycles. The number of carbonyl (C=O) groups is 1. The summed E-state index contributed by atoms with van der Waals surface area (Å²) in [4.78, 5) is 16.0. The third kappa shape index (κ3) is 5.92. The molecule has 0 bridgehead atoms. The quantitative estimate of drug-likeness (QED) is 0.296. The van der Waals surface area contributed by atoms with Crippen LogP contribution in [0.15, 0.2) is 46.5 Å². The fourth-order valence-electron chi connectivity index (χ4n) is 2.41. The number of rotatable bonds is 8. The number of halogens is 3. The smallest absolute Gasteiger partial charge is 0.342 e. The molecule has 0 atom stereocenters. The first-order chi connectivity index (χ1) is 14.4. The Labute approximate surface area is 192 Å². The first-order valence-electron chi connectivity index (χ1n) is 8.76. The van der Waals surface area contributed by atoms with Crippen LogP contribution < -0.4 is 4.74 Å². The van der Waals surface area contributed by atoms with Gasteiger partial charge in [-0.1, -0.05) is 47.8 Å². The highest BCUT2D eigenvalue weighted by Crippen LogP contribution is 2.31. The maximum Gasteiger partial charge on any atom is 0.342 e. The second kappa shape index (κ2) is 10.2. The number of aryl methyl sites for hydroxylation is 1. The lowest BCUT2D eigenvalue weighted by molar-refractivity contribution is -0.131. The topological polar surface area (TPSA) is 88.1 Å². The van der Waals surface area contributed by atoms with Gasteiger partial charge in [0.1, 0.15) is 23.1 Å².